The van der Waals surface area contributed by atoms with Crippen molar-refractivity contribution in [2.45, 2.75) is 26.2 Å². The van der Waals surface area contributed by atoms with Gasteiger partial charge in [0.05, 0.1) is 5.69 Å². The van der Waals surface area contributed by atoms with Crippen LogP contribution in [0.1, 0.15) is 26.5 Å². The lowest BCUT2D eigenvalue weighted by Gasteiger charge is -2.60. The molecular formula is C20H19B71BrN2. The standard InChI is InChI=1S/C20H19BrN2.B71/c1-20(2,3)19-11-9-15(13-23-19)18-10-8-14(12-22-18)16-6-4-5-7-17(16)21;1-37-55(36)64(54(34)35)69(65(56(38(2)3)39(4)5)57(40(6)7)41(8)9)71(68(62(50(26)27)51(28)29)63(52(30)31)53(32)33)70(66(58(42(10)11)43(12)13)59(44(14)15)45(16)17)67(60(46(18)19)47(20)21)61(48(22)23)49(24)25/h4-13H,1-3H3;. The molecule has 0 aliphatic rings. The molecule has 0 bridgehead atoms. The van der Waals surface area contributed by atoms with Crippen LogP contribution in [0, 0.1) is 0 Å². The number of aromatic nitrogens is 2. The van der Waals surface area contributed by atoms with Gasteiger partial charge in [-0.3, -0.25) is 9.97 Å². The summed E-state index contributed by atoms with van der Waals surface area (Å²) < 4.78 is 1.07. The summed E-state index contributed by atoms with van der Waals surface area (Å²) in [6.07, 6.45) is -48.9. The van der Waals surface area contributed by atoms with Gasteiger partial charge in [-0.15, -0.1) is 0 Å². The van der Waals surface area contributed by atoms with Crippen molar-refractivity contribution in [2.24, 2.45) is 0 Å². The Balaban J connectivity index is 0.00000108. The van der Waals surface area contributed by atoms with Crippen LogP contribution in [-0.2, 0) is 5.41 Å². The largest absolute Gasteiger partial charge is 0.260 e. The van der Waals surface area contributed by atoms with Gasteiger partial charge in [0.25, 0.3) is 0 Å². The first-order valence-electron chi connectivity index (χ1n) is 31.0. The number of pyridine rings is 2. The Hall–Kier alpha value is 2.61. The zero-order valence-electron chi connectivity index (χ0n) is 54.5. The van der Waals surface area contributed by atoms with E-state index in [4.69, 9.17) is 279 Å². The first kappa shape index (κ1) is 92.7. The zero-order chi connectivity index (χ0) is 72.8. The van der Waals surface area contributed by atoms with E-state index < -0.39 is 217 Å². The van der Waals surface area contributed by atoms with Gasteiger partial charge in [-0.1, -0.05) is 61.0 Å². The second kappa shape index (κ2) is 42.7. The summed E-state index contributed by atoms with van der Waals surface area (Å²) in [6.45, 7) is 6.50. The number of halogens is 1. The van der Waals surface area contributed by atoms with Crippen LogP contribution in [0.2, 0.25) is 0 Å². The first-order valence-corrected chi connectivity index (χ1v) is 31.8. The minimum atomic E-state index is -1.72. The molecule has 0 N–H and O–H groups in total. The van der Waals surface area contributed by atoms with Crippen molar-refractivity contribution >= 4 is 519 Å². The van der Waals surface area contributed by atoms with Gasteiger partial charge in [-0.05, 0) is 29.8 Å². The molecule has 2 nitrogen and oxygen atoms in total. The fourth-order valence-corrected chi connectivity index (χ4v) is 15.4. The van der Waals surface area contributed by atoms with Crippen LogP contribution in [0.3, 0.4) is 0 Å². The van der Waals surface area contributed by atoms with Crippen molar-refractivity contribution < 1.29 is 0 Å². The monoisotopic (exact) mass is 1150 g/mol. The Bertz CT molecular complexity index is 2370. The average molecular weight is 1130 g/mol. The van der Waals surface area contributed by atoms with E-state index in [1.165, 1.54) is 0 Å². The van der Waals surface area contributed by atoms with Gasteiger partial charge in [-0.2, -0.15) is 0 Å². The quantitative estimate of drug-likeness (QED) is 0.0542. The van der Waals surface area contributed by atoms with Crippen LogP contribution in [0.5, 0.6) is 0 Å². The maximum absolute atomic E-state index is 7.06. The van der Waals surface area contributed by atoms with E-state index in [0.717, 1.165) is 39.6 Å². The van der Waals surface area contributed by atoms with Crippen LogP contribution in [0.15, 0.2) is 65.4 Å². The highest BCUT2D eigenvalue weighted by molar-refractivity contribution is 9.10. The lowest BCUT2D eigenvalue weighted by molar-refractivity contribution is 0.569. The first-order chi connectivity index (χ1) is 43.3. The Labute approximate surface area is 642 Å². The molecule has 74 heteroatoms. The third kappa shape index (κ3) is 25.1. The molecule has 329 valence electrons. The highest BCUT2D eigenvalue weighted by Gasteiger charge is 2.64. The number of hydrogen-bond acceptors (Lipinski definition) is 2. The minimum absolute atomic E-state index is 0.0649. The molecule has 94 heavy (non-hydrogen) atoms. The maximum Gasteiger partial charge on any atom is 0.0717 e. The summed E-state index contributed by atoms with van der Waals surface area (Å²) in [4.78, 5) is 9.17. The van der Waals surface area contributed by atoms with Gasteiger partial charge >= 0.3 is 0 Å². The molecule has 73 radical (unpaired) electrons. The molecule has 2 heterocycles. The lowest BCUT2D eigenvalue weighted by atomic mass is 8.21. The molecule has 2 aromatic heterocycles. The molecule has 3 aromatic rings. The molecule has 0 saturated carbocycles. The second-order valence-electron chi connectivity index (χ2n) is 26.4. The predicted octanol–water partition coefficient (Wildman–Crippen LogP) is -21.2. The van der Waals surface area contributed by atoms with Crippen LogP contribution in [-0.4, -0.2) is 513 Å². The molecular weight excluding hydrogens is 1120 g/mol. The molecule has 0 unspecified atom stereocenters. The smallest absolute Gasteiger partial charge is 0.0717 e. The molecule has 0 atom stereocenters. The van der Waals surface area contributed by atoms with E-state index in [0.29, 0.717) is 0 Å². The maximum atomic E-state index is 7.06. The van der Waals surface area contributed by atoms with Crippen molar-refractivity contribution in [1.82, 2.24) is 9.97 Å². The molecule has 3 rings (SSSR count). The van der Waals surface area contributed by atoms with E-state index in [9.17, 15) is 0 Å². The molecule has 0 aliphatic heterocycles. The summed E-state index contributed by atoms with van der Waals surface area (Å²) in [6, 6.07) is 16.5. The van der Waals surface area contributed by atoms with Gasteiger partial charge in [0.2, 0.25) is 0 Å². The fraction of sp³-hybridized carbons (Fsp3) is 0.200. The second-order valence-corrected chi connectivity index (χ2v) is 27.3. The van der Waals surface area contributed by atoms with E-state index in [1.54, 1.807) is 0 Å². The summed E-state index contributed by atoms with van der Waals surface area (Å²) >= 11 is 3.59. The van der Waals surface area contributed by atoms with E-state index in [2.05, 4.69) is 70.9 Å². The Morgan fingerprint density at radius 1 is 0.287 bits per heavy atom. The zero-order valence-corrected chi connectivity index (χ0v) is 56.1. The summed E-state index contributed by atoms with van der Waals surface area (Å²) in [5, 5.41) is 0. The Morgan fingerprint density at radius 3 is 0.723 bits per heavy atom. The lowest BCUT2D eigenvalue weighted by Crippen LogP contribution is -2.98. The van der Waals surface area contributed by atoms with Crippen LogP contribution in [0.25, 0.3) is 22.4 Å². The van der Waals surface area contributed by atoms with Crippen LogP contribution in [0.4, 0.5) is 0 Å². The average Bonchev–Trinajstić information content (AvgIpc) is 0.721. The van der Waals surface area contributed by atoms with E-state index >= 15 is 0 Å². The van der Waals surface area contributed by atoms with E-state index in [-0.39, 0.29) is 5.41 Å². The van der Waals surface area contributed by atoms with Crippen LogP contribution < -0.4 is 0 Å². The summed E-state index contributed by atoms with van der Waals surface area (Å²) in [5.74, 6) is 0. The topological polar surface area (TPSA) is 25.8 Å². The highest BCUT2D eigenvalue weighted by Crippen LogP contribution is 2.31. The van der Waals surface area contributed by atoms with Crippen molar-refractivity contribution in [2.75, 3.05) is 0 Å². The van der Waals surface area contributed by atoms with Crippen LogP contribution >= 0.6 is 15.9 Å². The molecule has 0 aliphatic carbocycles. The van der Waals surface area contributed by atoms with Gasteiger partial charge in [-0.25, -0.2) is 0 Å². The van der Waals surface area contributed by atoms with Crippen molar-refractivity contribution in [1.29, 1.82) is 0 Å². The Kier molecular flexibility index (Phi) is 42.1. The number of nitrogens with zero attached hydrogens (tertiary/aromatic N) is 2. The highest BCUT2D eigenvalue weighted by atomic mass is 79.9. The van der Waals surface area contributed by atoms with Crippen molar-refractivity contribution in [3.05, 3.63) is 71.1 Å². The van der Waals surface area contributed by atoms with Gasteiger partial charge < -0.3 is 0 Å². The van der Waals surface area contributed by atoms with Gasteiger partial charge in [0.1, 0.15) is 0 Å². The third-order valence-electron chi connectivity index (χ3n) is 18.7. The van der Waals surface area contributed by atoms with Crippen molar-refractivity contribution in [3.63, 3.8) is 0 Å². The molecule has 0 fully saturated rings. The normalized spacial score (nSPS) is 10.2. The minimum Gasteiger partial charge on any atom is -0.260 e. The number of benzene rings is 1. The molecule has 1 aromatic carbocycles. The molecule has 0 amide bonds. The SMILES string of the molecule is CC(C)(C)c1ccc(-c2ccc(-c3ccccc3Br)cn2)cn1.[B][B]B([B])B(B([B])[B])B(B(B(B([B])[B])B([B])[B])B(B([B])[B])B([B])[B])B(B(B(B([B])[B])B([B])[B])B(B([B])[B])B([B])[B])B(B(B(B([B])[B])B([B])[B])B(B([B])[B])B([B])[B])B(B(B([B])[B])B([B])[B])B(B([B])[B])B([B])[B]. The molecule has 0 saturated heterocycles. The summed E-state index contributed by atoms with van der Waals surface area (Å²) in [7, 11) is 244. The third-order valence-corrected chi connectivity index (χ3v) is 19.4. The summed E-state index contributed by atoms with van der Waals surface area (Å²) in [5.41, 5.74) is 5.37. The Morgan fingerprint density at radius 2 is 0.521 bits per heavy atom. The van der Waals surface area contributed by atoms with Gasteiger partial charge in [0.15, 0.2) is 0 Å². The van der Waals surface area contributed by atoms with Crippen molar-refractivity contribution in [3.8, 4) is 22.4 Å². The fourth-order valence-electron chi connectivity index (χ4n) is 14.9. The number of hydrogen-bond donors (Lipinski definition) is 0. The van der Waals surface area contributed by atoms with Gasteiger partial charge in [0, 0.05) is 542 Å². The predicted molar refractivity (Wildman–Crippen MR) is 508 cm³/mol. The molecule has 0 spiro atoms. The van der Waals surface area contributed by atoms with E-state index in [1.807, 2.05) is 36.7 Å². The number of rotatable bonds is 36.